The van der Waals surface area contributed by atoms with Crippen molar-refractivity contribution in [3.05, 3.63) is 0 Å². The predicted molar refractivity (Wildman–Crippen MR) is 79.0 cm³/mol. The molecular weight excluding hydrogens is 220 g/mol. The van der Waals surface area contributed by atoms with Crippen molar-refractivity contribution in [2.24, 2.45) is 0 Å². The van der Waals surface area contributed by atoms with Gasteiger partial charge in [-0.3, -0.25) is 4.90 Å². The Labute approximate surface area is 114 Å². The fraction of sp³-hybridized carbons (Fsp3) is 1.00. The minimum absolute atomic E-state index is 0.628. The van der Waals surface area contributed by atoms with Gasteiger partial charge in [0.1, 0.15) is 0 Å². The van der Waals surface area contributed by atoms with Crippen molar-refractivity contribution < 1.29 is 0 Å². The predicted octanol–water partition coefficient (Wildman–Crippen LogP) is 3.56. The summed E-state index contributed by atoms with van der Waals surface area (Å²) in [6, 6.07) is 2.33. The molecule has 1 saturated heterocycles. The minimum atomic E-state index is 0.628. The van der Waals surface area contributed by atoms with Gasteiger partial charge in [-0.2, -0.15) is 0 Å². The van der Waals surface area contributed by atoms with Gasteiger partial charge in [0.05, 0.1) is 0 Å². The summed E-state index contributed by atoms with van der Waals surface area (Å²) in [4.78, 5) is 2.87. The SMILES string of the molecule is CC(C)NCC1CCCCN1C1CCCCCC1. The first kappa shape index (κ1) is 14.3. The van der Waals surface area contributed by atoms with E-state index >= 15 is 0 Å². The van der Waals surface area contributed by atoms with Gasteiger partial charge in [0.2, 0.25) is 0 Å². The lowest BCUT2D eigenvalue weighted by molar-refractivity contribution is 0.0833. The van der Waals surface area contributed by atoms with Crippen molar-refractivity contribution in [1.29, 1.82) is 0 Å². The third-order valence-electron chi connectivity index (χ3n) is 4.73. The van der Waals surface area contributed by atoms with E-state index in [1.807, 2.05) is 0 Å². The second-order valence-corrected chi connectivity index (χ2v) is 6.60. The molecule has 1 unspecified atom stereocenters. The first-order valence-corrected chi connectivity index (χ1v) is 8.26. The zero-order valence-corrected chi connectivity index (χ0v) is 12.5. The van der Waals surface area contributed by atoms with Crippen molar-refractivity contribution in [3.63, 3.8) is 0 Å². The van der Waals surface area contributed by atoms with Crippen LogP contribution < -0.4 is 5.32 Å². The van der Waals surface area contributed by atoms with E-state index < -0.39 is 0 Å². The maximum Gasteiger partial charge on any atom is 0.0223 e. The van der Waals surface area contributed by atoms with Gasteiger partial charge in [-0.25, -0.2) is 0 Å². The highest BCUT2D eigenvalue weighted by atomic mass is 15.2. The number of rotatable bonds is 4. The van der Waals surface area contributed by atoms with Gasteiger partial charge in [-0.15, -0.1) is 0 Å². The molecule has 2 fully saturated rings. The normalized spacial score (nSPS) is 28.5. The summed E-state index contributed by atoms with van der Waals surface area (Å²) in [6.07, 6.45) is 13.1. The molecule has 1 saturated carbocycles. The molecule has 2 aliphatic rings. The van der Waals surface area contributed by atoms with Gasteiger partial charge in [0.25, 0.3) is 0 Å². The highest BCUT2D eigenvalue weighted by molar-refractivity contribution is 4.85. The second-order valence-electron chi connectivity index (χ2n) is 6.60. The first-order valence-electron chi connectivity index (χ1n) is 8.26. The number of hydrogen-bond acceptors (Lipinski definition) is 2. The molecule has 18 heavy (non-hydrogen) atoms. The molecule has 0 aromatic rings. The Bertz CT molecular complexity index is 219. The molecular formula is C16H32N2. The van der Waals surface area contributed by atoms with E-state index in [0.717, 1.165) is 12.1 Å². The molecule has 0 bridgehead atoms. The van der Waals surface area contributed by atoms with E-state index in [0.29, 0.717) is 6.04 Å². The van der Waals surface area contributed by atoms with Gasteiger partial charge >= 0.3 is 0 Å². The summed E-state index contributed by atoms with van der Waals surface area (Å²) in [6.45, 7) is 7.08. The molecule has 2 nitrogen and oxygen atoms in total. The quantitative estimate of drug-likeness (QED) is 0.770. The van der Waals surface area contributed by atoms with Gasteiger partial charge in [-0.05, 0) is 32.2 Å². The first-order chi connectivity index (χ1) is 8.77. The van der Waals surface area contributed by atoms with E-state index in [1.54, 1.807) is 0 Å². The maximum atomic E-state index is 3.66. The van der Waals surface area contributed by atoms with E-state index in [4.69, 9.17) is 0 Å². The van der Waals surface area contributed by atoms with Crippen LogP contribution in [0, 0.1) is 0 Å². The van der Waals surface area contributed by atoms with Gasteiger partial charge in [0, 0.05) is 24.7 Å². The molecule has 1 aliphatic carbocycles. The van der Waals surface area contributed by atoms with Crippen molar-refractivity contribution in [1.82, 2.24) is 10.2 Å². The molecule has 1 heterocycles. The van der Waals surface area contributed by atoms with Crippen LogP contribution in [0.3, 0.4) is 0 Å². The topological polar surface area (TPSA) is 15.3 Å². The molecule has 2 heteroatoms. The number of nitrogens with one attached hydrogen (secondary N) is 1. The van der Waals surface area contributed by atoms with E-state index in [1.165, 1.54) is 70.9 Å². The zero-order chi connectivity index (χ0) is 12.8. The summed E-state index contributed by atoms with van der Waals surface area (Å²) in [7, 11) is 0. The Kier molecular flexibility index (Phi) is 5.97. The van der Waals surface area contributed by atoms with Crippen LogP contribution in [0.5, 0.6) is 0 Å². The van der Waals surface area contributed by atoms with E-state index in [9.17, 15) is 0 Å². The summed E-state index contributed by atoms with van der Waals surface area (Å²) in [5.74, 6) is 0. The van der Waals surface area contributed by atoms with Crippen LogP contribution in [-0.4, -0.2) is 36.1 Å². The van der Waals surface area contributed by atoms with Crippen LogP contribution in [0.1, 0.15) is 71.6 Å². The molecule has 0 aromatic carbocycles. The van der Waals surface area contributed by atoms with Crippen LogP contribution in [0.25, 0.3) is 0 Å². The Morgan fingerprint density at radius 2 is 1.61 bits per heavy atom. The molecule has 0 radical (unpaired) electrons. The summed E-state index contributed by atoms with van der Waals surface area (Å²) >= 11 is 0. The van der Waals surface area contributed by atoms with Crippen LogP contribution in [0.4, 0.5) is 0 Å². The molecule has 0 aromatic heterocycles. The average molecular weight is 252 g/mol. The van der Waals surface area contributed by atoms with Gasteiger partial charge < -0.3 is 5.32 Å². The summed E-state index contributed by atoms with van der Waals surface area (Å²) < 4.78 is 0. The third-order valence-corrected chi connectivity index (χ3v) is 4.73. The number of likely N-dealkylation sites (tertiary alicyclic amines) is 1. The van der Waals surface area contributed by atoms with Gasteiger partial charge in [0.15, 0.2) is 0 Å². The van der Waals surface area contributed by atoms with Crippen LogP contribution in [-0.2, 0) is 0 Å². The molecule has 1 aliphatic heterocycles. The maximum absolute atomic E-state index is 3.66. The molecule has 1 N–H and O–H groups in total. The Morgan fingerprint density at radius 1 is 0.944 bits per heavy atom. The lowest BCUT2D eigenvalue weighted by Gasteiger charge is -2.41. The van der Waals surface area contributed by atoms with Crippen molar-refractivity contribution in [3.8, 4) is 0 Å². The Balaban J connectivity index is 1.88. The third kappa shape index (κ3) is 4.24. The molecule has 0 spiro atoms. The number of nitrogens with zero attached hydrogens (tertiary/aromatic N) is 1. The van der Waals surface area contributed by atoms with Crippen LogP contribution in [0.15, 0.2) is 0 Å². The van der Waals surface area contributed by atoms with E-state index in [2.05, 4.69) is 24.1 Å². The molecule has 106 valence electrons. The summed E-state index contributed by atoms with van der Waals surface area (Å²) in [5, 5.41) is 3.66. The largest absolute Gasteiger partial charge is 0.313 e. The fourth-order valence-corrected chi connectivity index (χ4v) is 3.68. The zero-order valence-electron chi connectivity index (χ0n) is 12.5. The highest BCUT2D eigenvalue weighted by Gasteiger charge is 2.28. The highest BCUT2D eigenvalue weighted by Crippen LogP contribution is 2.27. The van der Waals surface area contributed by atoms with Crippen molar-refractivity contribution >= 4 is 0 Å². The van der Waals surface area contributed by atoms with Gasteiger partial charge in [-0.1, -0.05) is 46.0 Å². The molecule has 0 amide bonds. The second kappa shape index (κ2) is 7.49. The van der Waals surface area contributed by atoms with Crippen LogP contribution >= 0.6 is 0 Å². The number of hydrogen-bond donors (Lipinski definition) is 1. The minimum Gasteiger partial charge on any atom is -0.313 e. The Morgan fingerprint density at radius 3 is 2.28 bits per heavy atom. The fourth-order valence-electron chi connectivity index (χ4n) is 3.68. The standard InChI is InChI=1S/C16H32N2/c1-14(2)17-13-16-11-7-8-12-18(16)15-9-5-3-4-6-10-15/h14-17H,3-13H2,1-2H3. The van der Waals surface area contributed by atoms with Crippen molar-refractivity contribution in [2.75, 3.05) is 13.1 Å². The molecule has 2 rings (SSSR count). The van der Waals surface area contributed by atoms with Crippen molar-refractivity contribution in [2.45, 2.75) is 89.8 Å². The lowest BCUT2D eigenvalue weighted by atomic mass is 9.96. The van der Waals surface area contributed by atoms with E-state index in [-0.39, 0.29) is 0 Å². The lowest BCUT2D eigenvalue weighted by Crippen LogP contribution is -2.51. The number of piperidine rings is 1. The van der Waals surface area contributed by atoms with Crippen LogP contribution in [0.2, 0.25) is 0 Å². The monoisotopic (exact) mass is 252 g/mol. The smallest absolute Gasteiger partial charge is 0.0223 e. The summed E-state index contributed by atoms with van der Waals surface area (Å²) in [5.41, 5.74) is 0. The molecule has 1 atom stereocenters. The Hall–Kier alpha value is -0.0800. The average Bonchev–Trinajstić information content (AvgIpc) is 2.65.